The molecule has 0 saturated heterocycles. The van der Waals surface area contributed by atoms with Crippen LogP contribution in [0.3, 0.4) is 0 Å². The third-order valence-electron chi connectivity index (χ3n) is 3.71. The molecule has 0 fully saturated rings. The number of aromatic hydroxyl groups is 1. The van der Waals surface area contributed by atoms with E-state index in [1.807, 2.05) is 13.0 Å². The van der Waals surface area contributed by atoms with Gasteiger partial charge in [0.25, 0.3) is 5.91 Å². The van der Waals surface area contributed by atoms with Crippen molar-refractivity contribution < 1.29 is 24.2 Å². The van der Waals surface area contributed by atoms with Crippen LogP contribution in [0, 0.1) is 13.8 Å². The molecule has 25 heavy (non-hydrogen) atoms. The lowest BCUT2D eigenvalue weighted by atomic mass is 10.1. The summed E-state index contributed by atoms with van der Waals surface area (Å²) < 4.78 is 10.4. The smallest absolute Gasteiger partial charge is 0.339 e. The number of carbonyl (C=O) groups is 2. The van der Waals surface area contributed by atoms with Crippen molar-refractivity contribution in [2.75, 3.05) is 12.4 Å². The molecule has 0 aliphatic heterocycles. The molecule has 6 heteroatoms. The summed E-state index contributed by atoms with van der Waals surface area (Å²) in [6.07, 6.45) is -1.01. The second-order valence-corrected chi connectivity index (χ2v) is 5.74. The van der Waals surface area contributed by atoms with E-state index >= 15 is 0 Å². The highest BCUT2D eigenvalue weighted by atomic mass is 16.5. The van der Waals surface area contributed by atoms with Crippen LogP contribution in [-0.4, -0.2) is 30.2 Å². The molecule has 0 saturated carbocycles. The summed E-state index contributed by atoms with van der Waals surface area (Å²) >= 11 is 0. The van der Waals surface area contributed by atoms with Gasteiger partial charge >= 0.3 is 5.97 Å². The number of aryl methyl sites for hydroxylation is 2. The van der Waals surface area contributed by atoms with Crippen molar-refractivity contribution >= 4 is 17.6 Å². The number of carbonyl (C=O) groups excluding carboxylic acids is 2. The summed E-state index contributed by atoms with van der Waals surface area (Å²) in [4.78, 5) is 24.4. The minimum Gasteiger partial charge on any atom is -0.508 e. The van der Waals surface area contributed by atoms with Gasteiger partial charge in [0.1, 0.15) is 11.5 Å². The monoisotopic (exact) mass is 343 g/mol. The van der Waals surface area contributed by atoms with Gasteiger partial charge in [0.15, 0.2) is 6.10 Å². The second kappa shape index (κ2) is 7.70. The third-order valence-corrected chi connectivity index (χ3v) is 3.71. The van der Waals surface area contributed by atoms with Crippen molar-refractivity contribution in [3.63, 3.8) is 0 Å². The maximum atomic E-state index is 12.3. The first-order valence-corrected chi connectivity index (χ1v) is 7.78. The van der Waals surface area contributed by atoms with E-state index in [2.05, 4.69) is 5.32 Å². The highest BCUT2D eigenvalue weighted by Crippen LogP contribution is 2.25. The van der Waals surface area contributed by atoms with Crippen LogP contribution < -0.4 is 10.1 Å². The second-order valence-electron chi connectivity index (χ2n) is 5.74. The molecule has 0 unspecified atom stereocenters. The Morgan fingerprint density at radius 1 is 1.12 bits per heavy atom. The van der Waals surface area contributed by atoms with Gasteiger partial charge in [-0.25, -0.2) is 4.79 Å². The molecule has 1 atom stereocenters. The van der Waals surface area contributed by atoms with E-state index in [-0.39, 0.29) is 11.3 Å². The van der Waals surface area contributed by atoms with Gasteiger partial charge < -0.3 is 19.9 Å². The average Bonchev–Trinajstić information content (AvgIpc) is 2.57. The molecule has 0 spiro atoms. The topological polar surface area (TPSA) is 84.9 Å². The Labute approximate surface area is 146 Å². The molecule has 0 bridgehead atoms. The van der Waals surface area contributed by atoms with Gasteiger partial charge in [0, 0.05) is 0 Å². The fraction of sp³-hybridized carbons (Fsp3) is 0.263. The number of phenols is 1. The van der Waals surface area contributed by atoms with Crippen LogP contribution in [0.4, 0.5) is 5.69 Å². The van der Waals surface area contributed by atoms with Gasteiger partial charge in [0.05, 0.1) is 18.4 Å². The number of hydrogen-bond donors (Lipinski definition) is 2. The summed E-state index contributed by atoms with van der Waals surface area (Å²) in [7, 11) is 1.51. The standard InChI is InChI=1S/C19H21NO5/c1-11-5-8-17(24-4)15(9-11)20-18(22)13(3)25-19(23)14-7-6-12(2)16(21)10-14/h5-10,13,21H,1-4H3,(H,20,22)/t13-/m1/s1. The Morgan fingerprint density at radius 3 is 2.48 bits per heavy atom. The van der Waals surface area contributed by atoms with Crippen LogP contribution >= 0.6 is 0 Å². The Balaban J connectivity index is 2.06. The Bertz CT molecular complexity index is 800. The third kappa shape index (κ3) is 4.50. The van der Waals surface area contributed by atoms with E-state index < -0.39 is 18.0 Å². The molecular formula is C19H21NO5. The first-order valence-electron chi connectivity index (χ1n) is 7.78. The van der Waals surface area contributed by atoms with Crippen LogP contribution in [0.5, 0.6) is 11.5 Å². The van der Waals surface area contributed by atoms with E-state index in [0.717, 1.165) is 5.56 Å². The van der Waals surface area contributed by atoms with Crippen molar-refractivity contribution in [3.8, 4) is 11.5 Å². The van der Waals surface area contributed by atoms with Crippen molar-refractivity contribution in [3.05, 3.63) is 53.1 Å². The van der Waals surface area contributed by atoms with Gasteiger partial charge in [-0.3, -0.25) is 4.79 Å². The van der Waals surface area contributed by atoms with Gasteiger partial charge in [0.2, 0.25) is 0 Å². The fourth-order valence-corrected chi connectivity index (χ4v) is 2.17. The number of anilines is 1. The number of methoxy groups -OCH3 is 1. The SMILES string of the molecule is COc1ccc(C)cc1NC(=O)[C@@H](C)OC(=O)c1ccc(C)c(O)c1. The lowest BCUT2D eigenvalue weighted by Crippen LogP contribution is -2.30. The maximum Gasteiger partial charge on any atom is 0.339 e. The highest BCUT2D eigenvalue weighted by Gasteiger charge is 2.20. The van der Waals surface area contributed by atoms with Crippen molar-refractivity contribution in [1.82, 2.24) is 0 Å². The zero-order valence-corrected chi connectivity index (χ0v) is 14.6. The summed E-state index contributed by atoms with van der Waals surface area (Å²) in [5.41, 5.74) is 2.28. The van der Waals surface area contributed by atoms with Gasteiger partial charge in [-0.2, -0.15) is 0 Å². The molecule has 0 radical (unpaired) electrons. The summed E-state index contributed by atoms with van der Waals surface area (Å²) in [6.45, 7) is 5.09. The summed E-state index contributed by atoms with van der Waals surface area (Å²) in [5.74, 6) is -0.653. The quantitative estimate of drug-likeness (QED) is 0.815. The van der Waals surface area contributed by atoms with E-state index in [9.17, 15) is 14.7 Å². The largest absolute Gasteiger partial charge is 0.508 e. The van der Waals surface area contributed by atoms with Crippen LogP contribution in [0.1, 0.15) is 28.4 Å². The molecule has 0 heterocycles. The van der Waals surface area contributed by atoms with Gasteiger partial charge in [-0.1, -0.05) is 12.1 Å². The molecule has 0 aliphatic carbocycles. The number of phenolic OH excluding ortho intramolecular Hbond substituents is 1. The van der Waals surface area contributed by atoms with Crippen LogP contribution in [0.15, 0.2) is 36.4 Å². The van der Waals surface area contributed by atoms with Crippen LogP contribution in [0.25, 0.3) is 0 Å². The van der Waals surface area contributed by atoms with E-state index in [1.54, 1.807) is 25.1 Å². The molecule has 2 aromatic rings. The maximum absolute atomic E-state index is 12.3. The molecule has 0 aliphatic rings. The average molecular weight is 343 g/mol. The van der Waals surface area contributed by atoms with Crippen LogP contribution in [0.2, 0.25) is 0 Å². The molecule has 132 valence electrons. The normalized spacial score (nSPS) is 11.5. The molecule has 6 nitrogen and oxygen atoms in total. The lowest BCUT2D eigenvalue weighted by Gasteiger charge is -2.16. The zero-order valence-electron chi connectivity index (χ0n) is 14.6. The number of amides is 1. The van der Waals surface area contributed by atoms with Crippen LogP contribution in [-0.2, 0) is 9.53 Å². The summed E-state index contributed by atoms with van der Waals surface area (Å²) in [6, 6.07) is 9.83. The van der Waals surface area contributed by atoms with E-state index in [4.69, 9.17) is 9.47 Å². The number of hydrogen-bond acceptors (Lipinski definition) is 5. The minimum atomic E-state index is -1.01. The lowest BCUT2D eigenvalue weighted by molar-refractivity contribution is -0.123. The number of rotatable bonds is 5. The number of ether oxygens (including phenoxy) is 2. The fourth-order valence-electron chi connectivity index (χ4n) is 2.17. The summed E-state index contributed by atoms with van der Waals surface area (Å²) in [5, 5.41) is 12.4. The molecule has 2 N–H and O–H groups in total. The first-order chi connectivity index (χ1) is 11.8. The molecule has 0 aromatic heterocycles. The zero-order chi connectivity index (χ0) is 18.6. The van der Waals surface area contributed by atoms with E-state index in [0.29, 0.717) is 17.0 Å². The molecule has 2 aromatic carbocycles. The Kier molecular flexibility index (Phi) is 5.64. The number of esters is 1. The van der Waals surface area contributed by atoms with Crippen molar-refractivity contribution in [2.24, 2.45) is 0 Å². The molecule has 2 rings (SSSR count). The number of nitrogens with one attached hydrogen (secondary N) is 1. The minimum absolute atomic E-state index is 0.00366. The van der Waals surface area contributed by atoms with E-state index in [1.165, 1.54) is 26.2 Å². The van der Waals surface area contributed by atoms with Gasteiger partial charge in [-0.05, 0) is 56.2 Å². The predicted octanol–water partition coefficient (Wildman–Crippen LogP) is 3.20. The number of benzene rings is 2. The molecular weight excluding hydrogens is 322 g/mol. The van der Waals surface area contributed by atoms with Crippen molar-refractivity contribution in [2.45, 2.75) is 26.9 Å². The Hall–Kier alpha value is -3.02. The highest BCUT2D eigenvalue weighted by molar-refractivity contribution is 5.98. The first kappa shape index (κ1) is 18.3. The molecule has 1 amide bonds. The predicted molar refractivity (Wildman–Crippen MR) is 94.1 cm³/mol. The van der Waals surface area contributed by atoms with Gasteiger partial charge in [-0.15, -0.1) is 0 Å². The Morgan fingerprint density at radius 2 is 1.84 bits per heavy atom. The van der Waals surface area contributed by atoms with Crippen molar-refractivity contribution in [1.29, 1.82) is 0 Å².